The molecule has 0 radical (unpaired) electrons. The van der Waals surface area contributed by atoms with Crippen molar-refractivity contribution in [2.75, 3.05) is 13.2 Å². The van der Waals surface area contributed by atoms with Gasteiger partial charge in [0.2, 0.25) is 5.91 Å². The van der Waals surface area contributed by atoms with Crippen LogP contribution in [-0.4, -0.2) is 28.7 Å². The molecule has 2 aliphatic heterocycles. The van der Waals surface area contributed by atoms with Crippen molar-refractivity contribution in [2.45, 2.75) is 31.7 Å². The number of para-hydroxylation sites is 1. The summed E-state index contributed by atoms with van der Waals surface area (Å²) >= 11 is 0. The van der Waals surface area contributed by atoms with E-state index in [1.165, 1.54) is 18.1 Å². The minimum atomic E-state index is -0.227. The van der Waals surface area contributed by atoms with Crippen molar-refractivity contribution < 1.29 is 9.53 Å². The molecule has 27 heavy (non-hydrogen) atoms. The Hall–Kier alpha value is -2.79. The Balaban J connectivity index is 1.90. The van der Waals surface area contributed by atoms with Crippen LogP contribution in [-0.2, 0) is 21.5 Å². The van der Waals surface area contributed by atoms with E-state index >= 15 is 0 Å². The lowest BCUT2D eigenvalue weighted by molar-refractivity contribution is -0.116. The normalized spacial score (nSPS) is 18.3. The molecule has 3 heterocycles. The quantitative estimate of drug-likeness (QED) is 0.620. The number of hydrogen-bond acceptors (Lipinski definition) is 3. The molecule has 0 N–H and O–H groups in total. The lowest BCUT2D eigenvalue weighted by atomic mass is 9.70. The number of hydrogen-bond donors (Lipinski definition) is 0. The number of fused-ring (bicyclic) bond motifs is 6. The van der Waals surface area contributed by atoms with Crippen LogP contribution in [0.1, 0.15) is 36.7 Å². The molecule has 5 heteroatoms. The average Bonchev–Trinajstić information content (AvgIpc) is 2.70. The van der Waals surface area contributed by atoms with E-state index in [0.717, 1.165) is 36.1 Å². The molecule has 0 aliphatic carbocycles. The van der Waals surface area contributed by atoms with E-state index in [2.05, 4.69) is 39.9 Å². The highest BCUT2D eigenvalue weighted by molar-refractivity contribution is 5.81. The van der Waals surface area contributed by atoms with Gasteiger partial charge in [-0.25, -0.2) is 4.98 Å². The van der Waals surface area contributed by atoms with Crippen LogP contribution in [0.25, 0.3) is 10.9 Å². The molecule has 0 saturated carbocycles. The summed E-state index contributed by atoms with van der Waals surface area (Å²) < 4.78 is 8.00. The molecule has 0 atom stereocenters. The molecule has 0 unspecified atom stereocenters. The van der Waals surface area contributed by atoms with E-state index in [1.807, 2.05) is 18.2 Å². The summed E-state index contributed by atoms with van der Waals surface area (Å²) in [5, 5.41) is 0.915. The first-order chi connectivity index (χ1) is 13.2. The molecule has 5 rings (SSSR count). The summed E-state index contributed by atoms with van der Waals surface area (Å²) in [6, 6.07) is 16.7. The standard InChI is InChI=1S/C22H21N3O2/c1-15(26)23-20-17-7-3-5-9-19(17)25-14-16-6-2-4-8-18(16)22(21(25)24-20)10-12-27-13-11-22/h2-9H,10-14H2,1H3. The molecule has 5 nitrogen and oxygen atoms in total. The van der Waals surface area contributed by atoms with Crippen molar-refractivity contribution in [3.05, 3.63) is 71.0 Å². The fourth-order valence-corrected chi connectivity index (χ4v) is 4.62. The van der Waals surface area contributed by atoms with Gasteiger partial charge in [-0.3, -0.25) is 4.79 Å². The highest BCUT2D eigenvalue weighted by Gasteiger charge is 2.43. The molecule has 0 bridgehead atoms. The zero-order valence-corrected chi connectivity index (χ0v) is 15.3. The summed E-state index contributed by atoms with van der Waals surface area (Å²) in [5.41, 5.74) is 4.07. The second kappa shape index (κ2) is 6.13. The monoisotopic (exact) mass is 359 g/mol. The van der Waals surface area contributed by atoms with Gasteiger partial charge in [0.1, 0.15) is 5.82 Å². The molecule has 1 aromatic heterocycles. The molecule has 1 fully saturated rings. The number of nitrogens with zero attached hydrogens (tertiary/aromatic N) is 3. The Kier molecular flexibility index (Phi) is 3.72. The Morgan fingerprint density at radius 2 is 1.85 bits per heavy atom. The van der Waals surface area contributed by atoms with Gasteiger partial charge in [0.05, 0.1) is 10.9 Å². The van der Waals surface area contributed by atoms with Gasteiger partial charge in [-0.2, -0.15) is 4.99 Å². The van der Waals surface area contributed by atoms with E-state index in [4.69, 9.17) is 9.72 Å². The van der Waals surface area contributed by atoms with Gasteiger partial charge >= 0.3 is 0 Å². The van der Waals surface area contributed by atoms with Crippen molar-refractivity contribution in [1.82, 2.24) is 9.55 Å². The zero-order valence-electron chi connectivity index (χ0n) is 15.3. The number of ether oxygens (including phenoxy) is 1. The van der Waals surface area contributed by atoms with Gasteiger partial charge in [0.15, 0.2) is 5.49 Å². The second-order valence-electron chi connectivity index (χ2n) is 7.34. The summed E-state index contributed by atoms with van der Waals surface area (Å²) in [4.78, 5) is 21.0. The highest BCUT2D eigenvalue weighted by Crippen LogP contribution is 2.45. The smallest absolute Gasteiger partial charge is 0.244 e. The van der Waals surface area contributed by atoms with Crippen molar-refractivity contribution in [3.63, 3.8) is 0 Å². The first-order valence-electron chi connectivity index (χ1n) is 9.40. The molecule has 136 valence electrons. The Labute approximate surface area is 157 Å². The summed E-state index contributed by atoms with van der Waals surface area (Å²) in [6.45, 7) is 3.68. The minimum Gasteiger partial charge on any atom is -0.381 e. The third-order valence-corrected chi connectivity index (χ3v) is 5.80. The molecule has 1 amide bonds. The van der Waals surface area contributed by atoms with Crippen LogP contribution < -0.4 is 5.49 Å². The topological polar surface area (TPSA) is 56.5 Å². The van der Waals surface area contributed by atoms with Crippen LogP contribution in [0.15, 0.2) is 53.5 Å². The van der Waals surface area contributed by atoms with Gasteiger partial charge in [0.25, 0.3) is 0 Å². The Bertz CT molecular complexity index is 1120. The highest BCUT2D eigenvalue weighted by atomic mass is 16.5. The van der Waals surface area contributed by atoms with Crippen molar-refractivity contribution in [1.29, 1.82) is 0 Å². The fourth-order valence-electron chi connectivity index (χ4n) is 4.62. The average molecular weight is 359 g/mol. The predicted octanol–water partition coefficient (Wildman–Crippen LogP) is 2.94. The van der Waals surface area contributed by atoms with Gasteiger partial charge in [-0.05, 0) is 36.1 Å². The first kappa shape index (κ1) is 16.4. The van der Waals surface area contributed by atoms with Gasteiger partial charge in [-0.1, -0.05) is 36.4 Å². The molecule has 3 aromatic rings. The maximum Gasteiger partial charge on any atom is 0.244 e. The largest absolute Gasteiger partial charge is 0.381 e. The molecule has 2 aromatic carbocycles. The van der Waals surface area contributed by atoms with E-state index in [1.54, 1.807) is 0 Å². The maximum atomic E-state index is 11.8. The van der Waals surface area contributed by atoms with Crippen LogP contribution in [0.2, 0.25) is 0 Å². The lowest BCUT2D eigenvalue weighted by Gasteiger charge is -2.43. The third-order valence-electron chi connectivity index (χ3n) is 5.80. The van der Waals surface area contributed by atoms with E-state index in [0.29, 0.717) is 18.7 Å². The van der Waals surface area contributed by atoms with E-state index in [-0.39, 0.29) is 11.3 Å². The molecule has 2 aliphatic rings. The zero-order chi connectivity index (χ0) is 18.4. The van der Waals surface area contributed by atoms with Crippen LogP contribution in [0.5, 0.6) is 0 Å². The van der Waals surface area contributed by atoms with Crippen LogP contribution >= 0.6 is 0 Å². The van der Waals surface area contributed by atoms with E-state index < -0.39 is 0 Å². The minimum absolute atomic E-state index is 0.196. The summed E-state index contributed by atoms with van der Waals surface area (Å²) in [5.74, 6) is 0.776. The van der Waals surface area contributed by atoms with Crippen molar-refractivity contribution >= 4 is 16.8 Å². The molecule has 1 spiro atoms. The van der Waals surface area contributed by atoms with Gasteiger partial charge in [-0.15, -0.1) is 0 Å². The molecular formula is C22H21N3O2. The fraction of sp³-hybridized carbons (Fsp3) is 0.318. The molecule has 1 saturated heterocycles. The SMILES string of the molecule is CC(=O)N=c1nc2n(c3ccccc13)Cc1ccccc1C21CCOCC1. The molecular weight excluding hydrogens is 338 g/mol. The number of aromatic nitrogens is 2. The third kappa shape index (κ3) is 2.46. The van der Waals surface area contributed by atoms with Crippen molar-refractivity contribution in [3.8, 4) is 0 Å². The van der Waals surface area contributed by atoms with E-state index in [9.17, 15) is 4.79 Å². The number of amides is 1. The van der Waals surface area contributed by atoms with Gasteiger partial charge < -0.3 is 9.30 Å². The summed E-state index contributed by atoms with van der Waals surface area (Å²) in [6.07, 6.45) is 1.77. The summed E-state index contributed by atoms with van der Waals surface area (Å²) in [7, 11) is 0. The van der Waals surface area contributed by atoms with Crippen LogP contribution in [0.3, 0.4) is 0 Å². The Morgan fingerprint density at radius 1 is 1.11 bits per heavy atom. The van der Waals surface area contributed by atoms with Crippen LogP contribution in [0.4, 0.5) is 0 Å². The number of rotatable bonds is 0. The lowest BCUT2D eigenvalue weighted by Crippen LogP contribution is -2.44. The van der Waals surface area contributed by atoms with Gasteiger partial charge in [0, 0.05) is 32.1 Å². The second-order valence-corrected chi connectivity index (χ2v) is 7.34. The number of carbonyl (C=O) groups is 1. The number of benzene rings is 2. The van der Waals surface area contributed by atoms with Crippen LogP contribution in [0, 0.1) is 0 Å². The van der Waals surface area contributed by atoms with Crippen molar-refractivity contribution in [2.24, 2.45) is 4.99 Å². The Morgan fingerprint density at radius 3 is 2.67 bits per heavy atom. The predicted molar refractivity (Wildman–Crippen MR) is 102 cm³/mol. The maximum absolute atomic E-state index is 11.8. The first-order valence-corrected chi connectivity index (χ1v) is 9.40. The number of carbonyl (C=O) groups excluding carboxylic acids is 1.